The first-order valence-corrected chi connectivity index (χ1v) is 3.62. The van der Waals surface area contributed by atoms with Gasteiger partial charge in [-0.3, -0.25) is 9.59 Å². The molecule has 0 amide bonds. The van der Waals surface area contributed by atoms with Crippen molar-refractivity contribution < 1.29 is 9.59 Å². The zero-order valence-electron chi connectivity index (χ0n) is 5.53. The van der Waals surface area contributed by atoms with Crippen LogP contribution in [0.3, 0.4) is 0 Å². The molecule has 5 heteroatoms. The first-order valence-electron chi connectivity index (χ1n) is 2.31. The maximum absolute atomic E-state index is 9.79. The minimum absolute atomic E-state index is 0.380. The van der Waals surface area contributed by atoms with Gasteiger partial charge < -0.3 is 0 Å². The Kier molecular flexibility index (Phi) is 9.40. The molecular formula is C5H7Cl3O2. The topological polar surface area (TPSA) is 34.1 Å². The highest BCUT2D eigenvalue weighted by Gasteiger charge is 1.94. The van der Waals surface area contributed by atoms with E-state index in [2.05, 4.69) is 0 Å². The van der Waals surface area contributed by atoms with Crippen LogP contribution >= 0.6 is 34.8 Å². The molecular weight excluding hydrogens is 198 g/mol. The minimum Gasteiger partial charge on any atom is -0.291 e. The Morgan fingerprint density at radius 3 is 1.10 bits per heavy atom. The van der Waals surface area contributed by atoms with Crippen molar-refractivity contribution in [2.24, 2.45) is 0 Å². The van der Waals surface area contributed by atoms with Gasteiger partial charge in [0.2, 0.25) is 0 Å². The molecule has 0 aromatic rings. The van der Waals surface area contributed by atoms with E-state index in [0.29, 0.717) is 0 Å². The van der Waals surface area contributed by atoms with Gasteiger partial charge >= 0.3 is 0 Å². The van der Waals surface area contributed by atoms with Crippen molar-refractivity contribution >= 4 is 46.4 Å². The number of alkyl halides is 3. The molecule has 0 fully saturated rings. The van der Waals surface area contributed by atoms with E-state index in [1.54, 1.807) is 0 Å². The Morgan fingerprint density at radius 1 is 1.00 bits per heavy atom. The third-order valence-electron chi connectivity index (χ3n) is 0.496. The highest BCUT2D eigenvalue weighted by molar-refractivity contribution is 6.63. The number of halogens is 3. The van der Waals surface area contributed by atoms with Crippen LogP contribution in [0, 0.1) is 0 Å². The van der Waals surface area contributed by atoms with Gasteiger partial charge in [0, 0.05) is 13.8 Å². The molecule has 0 spiro atoms. The smallest absolute Gasteiger partial charge is 0.195 e. The van der Waals surface area contributed by atoms with Gasteiger partial charge in [-0.1, -0.05) is 34.8 Å². The molecule has 0 aliphatic carbocycles. The van der Waals surface area contributed by atoms with Crippen LogP contribution in [0.4, 0.5) is 0 Å². The van der Waals surface area contributed by atoms with E-state index < -0.39 is 4.30 Å². The molecule has 0 aromatic carbocycles. The highest BCUT2D eigenvalue weighted by Crippen LogP contribution is 2.03. The fourth-order valence-corrected chi connectivity index (χ4v) is 0. The van der Waals surface area contributed by atoms with E-state index in [1.165, 1.54) is 13.8 Å². The number of hydrogen-bond donors (Lipinski definition) is 0. The SMILES string of the molecule is CC(=O)C(C)=O.ClC(Cl)Cl. The number of rotatable bonds is 1. The first kappa shape index (κ1) is 12.8. The third-order valence-corrected chi connectivity index (χ3v) is 0.496. The van der Waals surface area contributed by atoms with Crippen molar-refractivity contribution in [1.29, 1.82) is 0 Å². The van der Waals surface area contributed by atoms with E-state index in [4.69, 9.17) is 34.8 Å². The Labute approximate surface area is 74.4 Å². The van der Waals surface area contributed by atoms with Crippen molar-refractivity contribution in [3.8, 4) is 0 Å². The molecule has 0 aliphatic rings. The standard InChI is InChI=1S/C4H6O2.CHCl3/c1-3(5)4(2)6;2-1(3)4/h1-2H3;1H. The number of ketones is 2. The zero-order chi connectivity index (χ0) is 8.73. The summed E-state index contributed by atoms with van der Waals surface area (Å²) in [5.74, 6) is -0.759. The summed E-state index contributed by atoms with van der Waals surface area (Å²) in [6.45, 7) is 2.50. The summed E-state index contributed by atoms with van der Waals surface area (Å²) in [6, 6.07) is 0. The molecule has 2 nitrogen and oxygen atoms in total. The lowest BCUT2D eigenvalue weighted by molar-refractivity contribution is -0.134. The number of Topliss-reactive ketones (excluding diaryl/α,β-unsaturated/α-hetero) is 2. The highest BCUT2D eigenvalue weighted by atomic mass is 35.6. The van der Waals surface area contributed by atoms with Gasteiger partial charge in [0.05, 0.1) is 0 Å². The summed E-state index contributed by atoms with van der Waals surface area (Å²) in [5, 5.41) is 0. The van der Waals surface area contributed by atoms with Crippen LogP contribution in [0.25, 0.3) is 0 Å². The number of carbonyl (C=O) groups excluding carboxylic acids is 2. The van der Waals surface area contributed by atoms with Gasteiger partial charge in [-0.2, -0.15) is 0 Å². The van der Waals surface area contributed by atoms with Crippen LogP contribution in [0.5, 0.6) is 0 Å². The van der Waals surface area contributed by atoms with Crippen LogP contribution in [0.1, 0.15) is 13.8 Å². The van der Waals surface area contributed by atoms with E-state index in [-0.39, 0.29) is 11.6 Å². The predicted octanol–water partition coefficient (Wildman–Crippen LogP) is 2.15. The van der Waals surface area contributed by atoms with Crippen molar-refractivity contribution in [3.05, 3.63) is 0 Å². The Hall–Kier alpha value is 0.210. The van der Waals surface area contributed by atoms with Crippen molar-refractivity contribution in [2.75, 3.05) is 0 Å². The lowest BCUT2D eigenvalue weighted by Crippen LogP contribution is -2.01. The fraction of sp³-hybridized carbons (Fsp3) is 0.600. The molecule has 0 aliphatic heterocycles. The normalized spacial score (nSPS) is 8.20. The number of hydrogen-bond acceptors (Lipinski definition) is 2. The minimum atomic E-state index is -0.750. The maximum atomic E-state index is 9.79. The molecule has 0 unspecified atom stereocenters. The molecule has 0 atom stereocenters. The predicted molar refractivity (Wildman–Crippen MR) is 42.7 cm³/mol. The Balaban J connectivity index is 0. The van der Waals surface area contributed by atoms with Crippen LogP contribution in [-0.2, 0) is 9.59 Å². The van der Waals surface area contributed by atoms with Gasteiger partial charge in [0.25, 0.3) is 0 Å². The molecule has 10 heavy (non-hydrogen) atoms. The van der Waals surface area contributed by atoms with E-state index in [9.17, 15) is 9.59 Å². The van der Waals surface area contributed by atoms with Crippen molar-refractivity contribution in [2.45, 2.75) is 18.1 Å². The van der Waals surface area contributed by atoms with Crippen molar-refractivity contribution in [3.63, 3.8) is 0 Å². The molecule has 0 radical (unpaired) electrons. The lowest BCUT2D eigenvalue weighted by atomic mass is 10.3. The fourth-order valence-electron chi connectivity index (χ4n) is 0. The van der Waals surface area contributed by atoms with Crippen LogP contribution in [-0.4, -0.2) is 15.9 Å². The summed E-state index contributed by atoms with van der Waals surface area (Å²) < 4.78 is -0.750. The zero-order valence-corrected chi connectivity index (χ0v) is 7.80. The lowest BCUT2D eigenvalue weighted by Gasteiger charge is -1.73. The Bertz CT molecular complexity index is 107. The van der Waals surface area contributed by atoms with E-state index in [0.717, 1.165) is 0 Å². The van der Waals surface area contributed by atoms with E-state index in [1.807, 2.05) is 0 Å². The summed E-state index contributed by atoms with van der Waals surface area (Å²) >= 11 is 14.4. The molecule has 0 aromatic heterocycles. The van der Waals surface area contributed by atoms with Gasteiger partial charge in [0.15, 0.2) is 15.9 Å². The molecule has 0 bridgehead atoms. The average Bonchev–Trinajstić information content (AvgIpc) is 1.63. The second-order valence-corrected chi connectivity index (χ2v) is 3.34. The number of carbonyl (C=O) groups is 2. The largest absolute Gasteiger partial charge is 0.291 e. The molecule has 0 saturated heterocycles. The maximum Gasteiger partial charge on any atom is 0.195 e. The van der Waals surface area contributed by atoms with Crippen molar-refractivity contribution in [1.82, 2.24) is 0 Å². The molecule has 0 rings (SSSR count). The van der Waals surface area contributed by atoms with Gasteiger partial charge in [-0.15, -0.1) is 0 Å². The summed E-state index contributed by atoms with van der Waals surface area (Å²) in [7, 11) is 0. The quantitative estimate of drug-likeness (QED) is 0.486. The third kappa shape index (κ3) is 24.1. The van der Waals surface area contributed by atoms with Gasteiger partial charge in [-0.25, -0.2) is 0 Å². The van der Waals surface area contributed by atoms with Crippen LogP contribution < -0.4 is 0 Å². The second kappa shape index (κ2) is 7.32. The first-order chi connectivity index (χ1) is 4.37. The summed E-state index contributed by atoms with van der Waals surface area (Å²) in [6.07, 6.45) is 0. The Morgan fingerprint density at radius 2 is 1.10 bits per heavy atom. The molecule has 0 N–H and O–H groups in total. The second-order valence-electron chi connectivity index (χ2n) is 1.36. The van der Waals surface area contributed by atoms with Crippen LogP contribution in [0.2, 0.25) is 0 Å². The monoisotopic (exact) mass is 204 g/mol. The summed E-state index contributed by atoms with van der Waals surface area (Å²) in [5.41, 5.74) is 0. The van der Waals surface area contributed by atoms with Gasteiger partial charge in [0.1, 0.15) is 0 Å². The molecule has 0 saturated carbocycles. The van der Waals surface area contributed by atoms with Crippen LogP contribution in [0.15, 0.2) is 0 Å². The van der Waals surface area contributed by atoms with Gasteiger partial charge in [-0.05, 0) is 0 Å². The average molecular weight is 205 g/mol. The molecule has 60 valence electrons. The van der Waals surface area contributed by atoms with E-state index >= 15 is 0 Å². The molecule has 0 heterocycles. The summed E-state index contributed by atoms with van der Waals surface area (Å²) in [4.78, 5) is 19.6.